The summed E-state index contributed by atoms with van der Waals surface area (Å²) >= 11 is 0. The second-order valence-electron chi connectivity index (χ2n) is 6.59. The molecule has 0 fully saturated rings. The molecule has 4 rings (SSSR count). The second-order valence-corrected chi connectivity index (χ2v) is 6.59. The van der Waals surface area contributed by atoms with Crippen LogP contribution in [0.2, 0.25) is 0 Å². The molecule has 3 aromatic rings. The maximum absolute atomic E-state index is 6.03. The highest BCUT2D eigenvalue weighted by atomic mass is 15.2. The largest absolute Gasteiger partial charge is 0.399 e. The summed E-state index contributed by atoms with van der Waals surface area (Å²) in [5.74, 6) is 0. The molecule has 0 spiro atoms. The van der Waals surface area contributed by atoms with Crippen LogP contribution in [0.3, 0.4) is 0 Å². The summed E-state index contributed by atoms with van der Waals surface area (Å²) in [6, 6.07) is 25.4. The Kier molecular flexibility index (Phi) is 2.95. The molecule has 0 bridgehead atoms. The van der Waals surface area contributed by atoms with Crippen LogP contribution >= 0.6 is 0 Å². The standard InChI is InChI=1S/C21H20N2/c1-21(2)17-10-3-5-12-19(17)23(16-9-7-8-15(22)14-16)20-13-6-4-11-18(20)21/h3-14H,22H2,1-2H3. The Morgan fingerprint density at radius 3 is 1.87 bits per heavy atom. The molecule has 0 saturated carbocycles. The van der Waals surface area contributed by atoms with Crippen LogP contribution in [0.5, 0.6) is 0 Å². The third-order valence-corrected chi connectivity index (χ3v) is 4.77. The number of hydrogen-bond acceptors (Lipinski definition) is 2. The molecule has 114 valence electrons. The number of nitrogen functional groups attached to an aromatic ring is 1. The first-order valence-corrected chi connectivity index (χ1v) is 7.94. The van der Waals surface area contributed by atoms with Crippen molar-refractivity contribution in [3.63, 3.8) is 0 Å². The van der Waals surface area contributed by atoms with Gasteiger partial charge in [0.1, 0.15) is 0 Å². The Labute approximate surface area is 137 Å². The fourth-order valence-corrected chi connectivity index (χ4v) is 3.61. The van der Waals surface area contributed by atoms with Crippen molar-refractivity contribution < 1.29 is 0 Å². The van der Waals surface area contributed by atoms with Crippen molar-refractivity contribution in [1.82, 2.24) is 0 Å². The molecule has 0 atom stereocenters. The Bertz CT molecular complexity index is 831. The van der Waals surface area contributed by atoms with Crippen molar-refractivity contribution in [2.75, 3.05) is 10.6 Å². The predicted octanol–water partition coefficient (Wildman–Crippen LogP) is 5.38. The van der Waals surface area contributed by atoms with Crippen LogP contribution in [-0.2, 0) is 5.41 Å². The Balaban J connectivity index is 2.04. The van der Waals surface area contributed by atoms with Gasteiger partial charge >= 0.3 is 0 Å². The van der Waals surface area contributed by atoms with E-state index in [9.17, 15) is 0 Å². The minimum absolute atomic E-state index is 0.0238. The van der Waals surface area contributed by atoms with E-state index in [-0.39, 0.29) is 5.41 Å². The van der Waals surface area contributed by atoms with Crippen LogP contribution in [0.1, 0.15) is 25.0 Å². The highest BCUT2D eigenvalue weighted by Crippen LogP contribution is 2.51. The number of hydrogen-bond donors (Lipinski definition) is 1. The molecule has 0 aromatic heterocycles. The number of anilines is 4. The Morgan fingerprint density at radius 1 is 0.739 bits per heavy atom. The van der Waals surface area contributed by atoms with Gasteiger partial charge in [-0.15, -0.1) is 0 Å². The first kappa shape index (κ1) is 13.9. The summed E-state index contributed by atoms with van der Waals surface area (Å²) in [6.45, 7) is 4.59. The fraction of sp³-hybridized carbons (Fsp3) is 0.143. The molecule has 0 saturated heterocycles. The van der Waals surface area contributed by atoms with Crippen LogP contribution in [0.25, 0.3) is 0 Å². The molecular weight excluding hydrogens is 280 g/mol. The average molecular weight is 300 g/mol. The predicted molar refractivity (Wildman–Crippen MR) is 97.7 cm³/mol. The molecule has 2 heteroatoms. The van der Waals surface area contributed by atoms with Gasteiger partial charge < -0.3 is 10.6 Å². The zero-order valence-corrected chi connectivity index (χ0v) is 13.5. The van der Waals surface area contributed by atoms with Gasteiger partial charge in [-0.1, -0.05) is 56.3 Å². The number of nitrogens with zero attached hydrogens (tertiary/aromatic N) is 1. The van der Waals surface area contributed by atoms with Crippen LogP contribution in [-0.4, -0.2) is 0 Å². The first-order valence-electron chi connectivity index (χ1n) is 7.94. The van der Waals surface area contributed by atoms with Gasteiger partial charge in [0.25, 0.3) is 0 Å². The van der Waals surface area contributed by atoms with E-state index in [1.54, 1.807) is 0 Å². The SMILES string of the molecule is CC1(C)c2ccccc2N(c2cccc(N)c2)c2ccccc21. The van der Waals surface area contributed by atoms with E-state index in [1.165, 1.54) is 22.5 Å². The lowest BCUT2D eigenvalue weighted by Gasteiger charge is -2.42. The van der Waals surface area contributed by atoms with Gasteiger partial charge in [0.15, 0.2) is 0 Å². The molecule has 0 aliphatic carbocycles. The Morgan fingerprint density at radius 2 is 1.30 bits per heavy atom. The van der Waals surface area contributed by atoms with Crippen LogP contribution in [0.4, 0.5) is 22.7 Å². The van der Waals surface area contributed by atoms with Crippen molar-refractivity contribution in [2.24, 2.45) is 0 Å². The van der Waals surface area contributed by atoms with Gasteiger partial charge in [0.05, 0.1) is 11.4 Å². The summed E-state index contributed by atoms with van der Waals surface area (Å²) in [6.07, 6.45) is 0. The molecule has 1 heterocycles. The lowest BCUT2D eigenvalue weighted by molar-refractivity contribution is 0.632. The molecule has 1 aliphatic heterocycles. The monoisotopic (exact) mass is 300 g/mol. The van der Waals surface area contributed by atoms with Crippen LogP contribution in [0.15, 0.2) is 72.8 Å². The molecule has 0 unspecified atom stereocenters. The number of nitrogens with two attached hydrogens (primary N) is 1. The highest BCUT2D eigenvalue weighted by Gasteiger charge is 2.36. The van der Waals surface area contributed by atoms with Crippen LogP contribution in [0, 0.1) is 0 Å². The van der Waals surface area contributed by atoms with Crippen molar-refractivity contribution in [3.05, 3.63) is 83.9 Å². The topological polar surface area (TPSA) is 29.3 Å². The fourth-order valence-electron chi connectivity index (χ4n) is 3.61. The molecule has 0 radical (unpaired) electrons. The number of para-hydroxylation sites is 2. The van der Waals surface area contributed by atoms with Gasteiger partial charge in [-0.25, -0.2) is 0 Å². The maximum atomic E-state index is 6.03. The zero-order valence-electron chi connectivity index (χ0n) is 13.5. The molecule has 0 amide bonds. The van der Waals surface area contributed by atoms with E-state index in [0.717, 1.165) is 11.4 Å². The lowest BCUT2D eigenvalue weighted by Crippen LogP contribution is -2.30. The lowest BCUT2D eigenvalue weighted by atomic mass is 9.73. The van der Waals surface area contributed by atoms with E-state index in [1.807, 2.05) is 18.2 Å². The van der Waals surface area contributed by atoms with E-state index in [0.29, 0.717) is 0 Å². The normalized spacial score (nSPS) is 15.0. The van der Waals surface area contributed by atoms with Crippen molar-refractivity contribution in [2.45, 2.75) is 19.3 Å². The summed E-state index contributed by atoms with van der Waals surface area (Å²) in [7, 11) is 0. The van der Waals surface area contributed by atoms with Gasteiger partial charge in [-0.3, -0.25) is 0 Å². The highest BCUT2D eigenvalue weighted by molar-refractivity contribution is 5.86. The van der Waals surface area contributed by atoms with E-state index in [2.05, 4.69) is 73.3 Å². The summed E-state index contributed by atoms with van der Waals surface area (Å²) in [4.78, 5) is 2.31. The average Bonchev–Trinajstić information content (AvgIpc) is 2.55. The Hall–Kier alpha value is -2.74. The summed E-state index contributed by atoms with van der Waals surface area (Å²) in [5.41, 5.74) is 13.0. The van der Waals surface area contributed by atoms with E-state index in [4.69, 9.17) is 5.73 Å². The van der Waals surface area contributed by atoms with Crippen molar-refractivity contribution in [1.29, 1.82) is 0 Å². The summed E-state index contributed by atoms with van der Waals surface area (Å²) < 4.78 is 0. The third kappa shape index (κ3) is 2.02. The third-order valence-electron chi connectivity index (χ3n) is 4.77. The quantitative estimate of drug-likeness (QED) is 0.611. The van der Waals surface area contributed by atoms with Crippen LogP contribution < -0.4 is 10.6 Å². The smallest absolute Gasteiger partial charge is 0.0502 e. The minimum Gasteiger partial charge on any atom is -0.399 e. The van der Waals surface area contributed by atoms with Gasteiger partial charge in [0, 0.05) is 16.8 Å². The van der Waals surface area contributed by atoms with Gasteiger partial charge in [0.2, 0.25) is 0 Å². The molecule has 2 nitrogen and oxygen atoms in total. The molecule has 23 heavy (non-hydrogen) atoms. The van der Waals surface area contributed by atoms with Gasteiger partial charge in [-0.05, 0) is 41.5 Å². The number of fused-ring (bicyclic) bond motifs is 2. The molecule has 2 N–H and O–H groups in total. The number of rotatable bonds is 1. The minimum atomic E-state index is -0.0238. The summed E-state index contributed by atoms with van der Waals surface area (Å²) in [5, 5.41) is 0. The molecule has 3 aromatic carbocycles. The zero-order chi connectivity index (χ0) is 16.0. The van der Waals surface area contributed by atoms with Crippen molar-refractivity contribution in [3.8, 4) is 0 Å². The molecular formula is C21H20N2. The first-order chi connectivity index (χ1) is 11.1. The van der Waals surface area contributed by atoms with E-state index >= 15 is 0 Å². The second kappa shape index (κ2) is 4.88. The van der Waals surface area contributed by atoms with E-state index < -0.39 is 0 Å². The van der Waals surface area contributed by atoms with Gasteiger partial charge in [-0.2, -0.15) is 0 Å². The molecule has 1 aliphatic rings. The van der Waals surface area contributed by atoms with Crippen molar-refractivity contribution >= 4 is 22.7 Å². The maximum Gasteiger partial charge on any atom is 0.0502 e. The number of benzene rings is 3.